The lowest BCUT2D eigenvalue weighted by Gasteiger charge is -2.19. The fourth-order valence-electron chi connectivity index (χ4n) is 1.76. The molecule has 0 saturated heterocycles. The van der Waals surface area contributed by atoms with E-state index in [2.05, 4.69) is 23.9 Å². The molecule has 1 heterocycles. The minimum absolute atomic E-state index is 0.436. The number of nitrogens with zero attached hydrogens (tertiary/aromatic N) is 2. The molecule has 17 heavy (non-hydrogen) atoms. The SMILES string of the molecule is CCCCCN(C)c1ccc(C(O)CC)nc1. The Morgan fingerprint density at radius 1 is 1.29 bits per heavy atom. The summed E-state index contributed by atoms with van der Waals surface area (Å²) in [5, 5.41) is 9.66. The van der Waals surface area contributed by atoms with Crippen LogP contribution >= 0.6 is 0 Å². The molecule has 1 aromatic rings. The number of aliphatic hydroxyl groups is 1. The maximum absolute atomic E-state index is 9.66. The predicted molar refractivity (Wildman–Crippen MR) is 72.3 cm³/mol. The van der Waals surface area contributed by atoms with E-state index in [1.807, 2.05) is 25.3 Å². The second-order valence-electron chi connectivity index (χ2n) is 4.49. The Bertz CT molecular complexity index is 311. The molecule has 0 aromatic carbocycles. The van der Waals surface area contributed by atoms with Crippen molar-refractivity contribution in [2.24, 2.45) is 0 Å². The predicted octanol–water partition coefficient (Wildman–Crippen LogP) is 3.15. The van der Waals surface area contributed by atoms with E-state index in [1.54, 1.807) is 0 Å². The van der Waals surface area contributed by atoms with Crippen LogP contribution in [0.25, 0.3) is 0 Å². The first kappa shape index (κ1) is 14.0. The van der Waals surface area contributed by atoms with Crippen molar-refractivity contribution in [3.8, 4) is 0 Å². The third-order valence-electron chi connectivity index (χ3n) is 3.04. The molecular formula is C14H24N2O. The standard InChI is InChI=1S/C14H24N2O/c1-4-6-7-10-16(3)12-8-9-13(15-11-12)14(17)5-2/h8-9,11,14,17H,4-7,10H2,1-3H3. The van der Waals surface area contributed by atoms with Gasteiger partial charge in [-0.05, 0) is 25.0 Å². The fraction of sp³-hybridized carbons (Fsp3) is 0.643. The summed E-state index contributed by atoms with van der Waals surface area (Å²) >= 11 is 0. The molecule has 0 fully saturated rings. The highest BCUT2D eigenvalue weighted by atomic mass is 16.3. The van der Waals surface area contributed by atoms with E-state index in [4.69, 9.17) is 0 Å². The van der Waals surface area contributed by atoms with E-state index in [1.165, 1.54) is 19.3 Å². The Labute approximate surface area is 104 Å². The van der Waals surface area contributed by atoms with Crippen LogP contribution in [0.15, 0.2) is 18.3 Å². The number of aromatic nitrogens is 1. The van der Waals surface area contributed by atoms with Gasteiger partial charge in [0.2, 0.25) is 0 Å². The Kier molecular flexibility index (Phi) is 5.98. The van der Waals surface area contributed by atoms with Gasteiger partial charge in [0, 0.05) is 13.6 Å². The van der Waals surface area contributed by atoms with E-state index >= 15 is 0 Å². The number of unbranched alkanes of at least 4 members (excludes halogenated alkanes) is 2. The summed E-state index contributed by atoms with van der Waals surface area (Å²) in [5.74, 6) is 0. The average Bonchev–Trinajstić information content (AvgIpc) is 2.38. The second kappa shape index (κ2) is 7.28. The normalized spacial score (nSPS) is 12.5. The molecule has 0 spiro atoms. The van der Waals surface area contributed by atoms with Crippen LogP contribution in [0.3, 0.4) is 0 Å². The first-order chi connectivity index (χ1) is 8.19. The zero-order valence-corrected chi connectivity index (χ0v) is 11.2. The van der Waals surface area contributed by atoms with Crippen LogP contribution in [0, 0.1) is 0 Å². The van der Waals surface area contributed by atoms with Gasteiger partial charge in [-0.2, -0.15) is 0 Å². The molecule has 96 valence electrons. The van der Waals surface area contributed by atoms with Crippen LogP contribution in [-0.4, -0.2) is 23.7 Å². The van der Waals surface area contributed by atoms with Gasteiger partial charge in [0.1, 0.15) is 0 Å². The molecule has 0 aliphatic rings. The number of pyridine rings is 1. The van der Waals surface area contributed by atoms with Gasteiger partial charge in [0.05, 0.1) is 23.7 Å². The molecular weight excluding hydrogens is 212 g/mol. The lowest BCUT2D eigenvalue weighted by Crippen LogP contribution is -2.18. The van der Waals surface area contributed by atoms with Crippen molar-refractivity contribution in [2.75, 3.05) is 18.5 Å². The quantitative estimate of drug-likeness (QED) is 0.739. The summed E-state index contributed by atoms with van der Waals surface area (Å²) in [4.78, 5) is 6.52. The van der Waals surface area contributed by atoms with Crippen LogP contribution in [0.2, 0.25) is 0 Å². The Morgan fingerprint density at radius 3 is 2.59 bits per heavy atom. The number of anilines is 1. The van der Waals surface area contributed by atoms with Crippen molar-refractivity contribution in [1.29, 1.82) is 0 Å². The molecule has 1 N–H and O–H groups in total. The van der Waals surface area contributed by atoms with Gasteiger partial charge >= 0.3 is 0 Å². The number of hydrogen-bond acceptors (Lipinski definition) is 3. The average molecular weight is 236 g/mol. The Balaban J connectivity index is 2.54. The van der Waals surface area contributed by atoms with Gasteiger partial charge in [-0.1, -0.05) is 26.7 Å². The van der Waals surface area contributed by atoms with Crippen molar-refractivity contribution in [1.82, 2.24) is 4.98 Å². The van der Waals surface area contributed by atoms with E-state index in [0.29, 0.717) is 6.42 Å². The molecule has 0 aliphatic heterocycles. The van der Waals surface area contributed by atoms with Crippen molar-refractivity contribution in [3.63, 3.8) is 0 Å². The molecule has 3 heteroatoms. The van der Waals surface area contributed by atoms with Crippen molar-refractivity contribution in [2.45, 2.75) is 45.6 Å². The molecule has 1 rings (SSSR count). The minimum atomic E-state index is -0.436. The first-order valence-electron chi connectivity index (χ1n) is 6.54. The van der Waals surface area contributed by atoms with E-state index in [9.17, 15) is 5.11 Å². The van der Waals surface area contributed by atoms with Crippen molar-refractivity contribution in [3.05, 3.63) is 24.0 Å². The zero-order valence-electron chi connectivity index (χ0n) is 11.2. The molecule has 1 atom stereocenters. The zero-order chi connectivity index (χ0) is 12.7. The summed E-state index contributed by atoms with van der Waals surface area (Å²) in [6.07, 6.45) is 5.85. The van der Waals surface area contributed by atoms with Crippen LogP contribution in [0.4, 0.5) is 5.69 Å². The monoisotopic (exact) mass is 236 g/mol. The molecule has 3 nitrogen and oxygen atoms in total. The van der Waals surface area contributed by atoms with Gasteiger partial charge in [0.25, 0.3) is 0 Å². The third-order valence-corrected chi connectivity index (χ3v) is 3.04. The molecule has 1 unspecified atom stereocenters. The molecule has 0 saturated carbocycles. The molecule has 0 radical (unpaired) electrons. The van der Waals surface area contributed by atoms with Crippen LogP contribution in [-0.2, 0) is 0 Å². The fourth-order valence-corrected chi connectivity index (χ4v) is 1.76. The van der Waals surface area contributed by atoms with E-state index < -0.39 is 6.10 Å². The van der Waals surface area contributed by atoms with Gasteiger partial charge in [-0.3, -0.25) is 4.98 Å². The van der Waals surface area contributed by atoms with E-state index in [0.717, 1.165) is 17.9 Å². The highest BCUT2D eigenvalue weighted by molar-refractivity contribution is 5.43. The maximum atomic E-state index is 9.66. The summed E-state index contributed by atoms with van der Waals surface area (Å²) in [5.41, 5.74) is 1.88. The highest BCUT2D eigenvalue weighted by Gasteiger charge is 2.07. The number of aliphatic hydroxyl groups excluding tert-OH is 1. The van der Waals surface area contributed by atoms with Crippen molar-refractivity contribution < 1.29 is 5.11 Å². The highest BCUT2D eigenvalue weighted by Crippen LogP contribution is 2.17. The third kappa shape index (κ3) is 4.35. The minimum Gasteiger partial charge on any atom is -0.387 e. The largest absolute Gasteiger partial charge is 0.387 e. The van der Waals surface area contributed by atoms with Gasteiger partial charge in [-0.25, -0.2) is 0 Å². The van der Waals surface area contributed by atoms with Crippen LogP contribution < -0.4 is 4.90 Å². The molecule has 0 amide bonds. The van der Waals surface area contributed by atoms with Gasteiger partial charge in [-0.15, -0.1) is 0 Å². The maximum Gasteiger partial charge on any atom is 0.0957 e. The van der Waals surface area contributed by atoms with Gasteiger partial charge in [0.15, 0.2) is 0 Å². The van der Waals surface area contributed by atoms with Crippen LogP contribution in [0.1, 0.15) is 51.3 Å². The lowest BCUT2D eigenvalue weighted by atomic mass is 10.2. The molecule has 1 aromatic heterocycles. The Hall–Kier alpha value is -1.09. The van der Waals surface area contributed by atoms with E-state index in [-0.39, 0.29) is 0 Å². The smallest absolute Gasteiger partial charge is 0.0957 e. The second-order valence-corrected chi connectivity index (χ2v) is 4.49. The number of rotatable bonds is 7. The Morgan fingerprint density at radius 2 is 2.06 bits per heavy atom. The molecule has 0 bridgehead atoms. The summed E-state index contributed by atoms with van der Waals surface area (Å²) in [6, 6.07) is 3.95. The van der Waals surface area contributed by atoms with Crippen LogP contribution in [0.5, 0.6) is 0 Å². The summed E-state index contributed by atoms with van der Waals surface area (Å²) in [7, 11) is 2.09. The lowest BCUT2D eigenvalue weighted by molar-refractivity contribution is 0.169. The topological polar surface area (TPSA) is 36.4 Å². The van der Waals surface area contributed by atoms with Gasteiger partial charge < -0.3 is 10.0 Å². The summed E-state index contributed by atoms with van der Waals surface area (Å²) < 4.78 is 0. The first-order valence-corrected chi connectivity index (χ1v) is 6.54. The van der Waals surface area contributed by atoms with Crippen molar-refractivity contribution >= 4 is 5.69 Å². The number of hydrogen-bond donors (Lipinski definition) is 1. The molecule has 0 aliphatic carbocycles. The summed E-state index contributed by atoms with van der Waals surface area (Å²) in [6.45, 7) is 5.23.